The molecule has 1 aromatic carbocycles. The molecule has 0 saturated carbocycles. The van der Waals surface area contributed by atoms with Crippen molar-refractivity contribution in [1.82, 2.24) is 9.80 Å². The lowest BCUT2D eigenvalue weighted by Gasteiger charge is -2.33. The summed E-state index contributed by atoms with van der Waals surface area (Å²) in [4.78, 5) is 27.7. The molecule has 1 fully saturated rings. The average Bonchev–Trinajstić information content (AvgIpc) is 2.59. The van der Waals surface area contributed by atoms with E-state index in [-0.39, 0.29) is 24.3 Å². The summed E-state index contributed by atoms with van der Waals surface area (Å²) in [5.41, 5.74) is 1.39. The lowest BCUT2D eigenvalue weighted by Crippen LogP contribution is -2.46. The van der Waals surface area contributed by atoms with Crippen molar-refractivity contribution in [2.75, 3.05) is 39.0 Å². The van der Waals surface area contributed by atoms with Gasteiger partial charge in [0.05, 0.1) is 24.1 Å². The molecule has 0 radical (unpaired) electrons. The lowest BCUT2D eigenvalue weighted by molar-refractivity contribution is -0.138. The third-order valence-electron chi connectivity index (χ3n) is 4.02. The highest BCUT2D eigenvalue weighted by atomic mass is 16.2. The maximum atomic E-state index is 12.3. The molecular formula is C17H22N4O2. The standard InChI is InChI=1S/C17H22N4O2/c1-20(2)17(23)14-4-3-9-21(12-14)16(22)11-19-15-7-5-13(10-18)6-8-15/h5-8,14,19H,3-4,9,11-12H2,1-2H3. The Bertz CT molecular complexity index is 604. The van der Waals surface area contributed by atoms with Crippen LogP contribution in [0.2, 0.25) is 0 Å². The fourth-order valence-corrected chi connectivity index (χ4v) is 2.72. The first kappa shape index (κ1) is 16.8. The van der Waals surface area contributed by atoms with Gasteiger partial charge in [0.25, 0.3) is 0 Å². The van der Waals surface area contributed by atoms with E-state index in [9.17, 15) is 9.59 Å². The number of likely N-dealkylation sites (tertiary alicyclic amines) is 1. The van der Waals surface area contributed by atoms with Crippen LogP contribution in [0.15, 0.2) is 24.3 Å². The summed E-state index contributed by atoms with van der Waals surface area (Å²) in [6.45, 7) is 1.38. The van der Waals surface area contributed by atoms with Gasteiger partial charge in [-0.1, -0.05) is 0 Å². The number of rotatable bonds is 4. The van der Waals surface area contributed by atoms with Crippen molar-refractivity contribution < 1.29 is 9.59 Å². The Hall–Kier alpha value is -2.55. The van der Waals surface area contributed by atoms with Crippen LogP contribution in [0.5, 0.6) is 0 Å². The normalized spacial score (nSPS) is 17.3. The molecule has 6 nitrogen and oxygen atoms in total. The molecule has 6 heteroatoms. The monoisotopic (exact) mass is 314 g/mol. The molecule has 1 aliphatic rings. The first-order valence-electron chi connectivity index (χ1n) is 7.74. The Kier molecular flexibility index (Phi) is 5.58. The Morgan fingerprint density at radius 3 is 2.65 bits per heavy atom. The molecule has 0 bridgehead atoms. The van der Waals surface area contributed by atoms with Crippen molar-refractivity contribution in [3.8, 4) is 6.07 Å². The first-order chi connectivity index (χ1) is 11.0. The van der Waals surface area contributed by atoms with Gasteiger partial charge < -0.3 is 15.1 Å². The van der Waals surface area contributed by atoms with Gasteiger partial charge in [0, 0.05) is 32.9 Å². The summed E-state index contributed by atoms with van der Waals surface area (Å²) < 4.78 is 0. The molecule has 2 rings (SSSR count). The van der Waals surface area contributed by atoms with Gasteiger partial charge in [-0.05, 0) is 37.1 Å². The van der Waals surface area contributed by atoms with E-state index in [1.165, 1.54) is 0 Å². The minimum atomic E-state index is -0.0994. The molecule has 1 heterocycles. The van der Waals surface area contributed by atoms with E-state index in [1.807, 2.05) is 0 Å². The third-order valence-corrected chi connectivity index (χ3v) is 4.02. The molecule has 122 valence electrons. The second-order valence-corrected chi connectivity index (χ2v) is 5.95. The Labute approximate surface area is 136 Å². The van der Waals surface area contributed by atoms with Crippen LogP contribution in [0, 0.1) is 17.2 Å². The summed E-state index contributed by atoms with van der Waals surface area (Å²) >= 11 is 0. The number of hydrogen-bond donors (Lipinski definition) is 1. The highest BCUT2D eigenvalue weighted by Gasteiger charge is 2.28. The summed E-state index contributed by atoms with van der Waals surface area (Å²) in [5.74, 6) is -0.0224. The molecule has 1 aliphatic heterocycles. The summed E-state index contributed by atoms with van der Waals surface area (Å²) in [6, 6.07) is 9.03. The molecule has 1 aromatic rings. The van der Waals surface area contributed by atoms with Crippen LogP contribution in [-0.2, 0) is 9.59 Å². The zero-order valence-corrected chi connectivity index (χ0v) is 13.6. The van der Waals surface area contributed by atoms with Crippen molar-refractivity contribution >= 4 is 17.5 Å². The quantitative estimate of drug-likeness (QED) is 0.909. The molecule has 1 atom stereocenters. The number of benzene rings is 1. The number of nitrogens with zero attached hydrogens (tertiary/aromatic N) is 3. The van der Waals surface area contributed by atoms with Crippen LogP contribution in [0.25, 0.3) is 0 Å². The van der Waals surface area contributed by atoms with Crippen LogP contribution >= 0.6 is 0 Å². The van der Waals surface area contributed by atoms with Crippen LogP contribution < -0.4 is 5.32 Å². The average molecular weight is 314 g/mol. The van der Waals surface area contributed by atoms with Gasteiger partial charge >= 0.3 is 0 Å². The predicted molar refractivity (Wildman–Crippen MR) is 87.6 cm³/mol. The van der Waals surface area contributed by atoms with Gasteiger partial charge in [-0.3, -0.25) is 9.59 Å². The molecular weight excluding hydrogens is 292 g/mol. The van der Waals surface area contributed by atoms with Gasteiger partial charge in [0.15, 0.2) is 0 Å². The van der Waals surface area contributed by atoms with Crippen molar-refractivity contribution in [3.63, 3.8) is 0 Å². The largest absolute Gasteiger partial charge is 0.376 e. The van der Waals surface area contributed by atoms with Crippen molar-refractivity contribution in [2.24, 2.45) is 5.92 Å². The van der Waals surface area contributed by atoms with Gasteiger partial charge in [0.2, 0.25) is 11.8 Å². The number of carbonyl (C=O) groups is 2. The molecule has 0 aliphatic carbocycles. The summed E-state index contributed by atoms with van der Waals surface area (Å²) in [5, 5.41) is 11.8. The maximum Gasteiger partial charge on any atom is 0.241 e. The highest BCUT2D eigenvalue weighted by Crippen LogP contribution is 2.18. The number of hydrogen-bond acceptors (Lipinski definition) is 4. The second kappa shape index (κ2) is 7.63. The van der Waals surface area contributed by atoms with Gasteiger partial charge in [-0.2, -0.15) is 5.26 Å². The molecule has 1 unspecified atom stereocenters. The van der Waals surface area contributed by atoms with Crippen LogP contribution in [0.3, 0.4) is 0 Å². The zero-order valence-electron chi connectivity index (χ0n) is 13.6. The van der Waals surface area contributed by atoms with Gasteiger partial charge in [-0.25, -0.2) is 0 Å². The number of carbonyl (C=O) groups excluding carboxylic acids is 2. The van der Waals surface area contributed by atoms with Crippen LogP contribution in [0.1, 0.15) is 18.4 Å². The predicted octanol–water partition coefficient (Wildman–Crippen LogP) is 1.30. The van der Waals surface area contributed by atoms with E-state index in [1.54, 1.807) is 48.2 Å². The van der Waals surface area contributed by atoms with Crippen molar-refractivity contribution in [3.05, 3.63) is 29.8 Å². The first-order valence-corrected chi connectivity index (χ1v) is 7.74. The minimum absolute atomic E-state index is 0.00869. The smallest absolute Gasteiger partial charge is 0.241 e. The highest BCUT2D eigenvalue weighted by molar-refractivity contribution is 5.83. The SMILES string of the molecule is CN(C)C(=O)C1CCCN(C(=O)CNc2ccc(C#N)cc2)C1. The lowest BCUT2D eigenvalue weighted by atomic mass is 9.96. The Balaban J connectivity index is 1.87. The number of amides is 2. The minimum Gasteiger partial charge on any atom is -0.376 e. The molecule has 1 N–H and O–H groups in total. The molecule has 0 spiro atoms. The molecule has 23 heavy (non-hydrogen) atoms. The number of piperidine rings is 1. The van der Waals surface area contributed by atoms with E-state index < -0.39 is 0 Å². The van der Waals surface area contributed by atoms with Crippen molar-refractivity contribution in [1.29, 1.82) is 5.26 Å². The fraction of sp³-hybridized carbons (Fsp3) is 0.471. The molecule has 0 aromatic heterocycles. The summed E-state index contributed by atoms with van der Waals surface area (Å²) in [6.07, 6.45) is 1.69. The number of nitrogens with one attached hydrogen (secondary N) is 1. The Morgan fingerprint density at radius 2 is 2.04 bits per heavy atom. The van der Waals surface area contributed by atoms with Gasteiger partial charge in [-0.15, -0.1) is 0 Å². The topological polar surface area (TPSA) is 76.4 Å². The van der Waals surface area contributed by atoms with Crippen molar-refractivity contribution in [2.45, 2.75) is 12.8 Å². The second-order valence-electron chi connectivity index (χ2n) is 5.95. The molecule has 1 saturated heterocycles. The van der Waals surface area contributed by atoms with E-state index in [0.717, 1.165) is 18.5 Å². The van der Waals surface area contributed by atoms with Gasteiger partial charge in [0.1, 0.15) is 0 Å². The molecule has 2 amide bonds. The van der Waals surface area contributed by atoms with E-state index in [4.69, 9.17) is 5.26 Å². The zero-order chi connectivity index (χ0) is 16.8. The Morgan fingerprint density at radius 1 is 1.35 bits per heavy atom. The summed E-state index contributed by atoms with van der Waals surface area (Å²) in [7, 11) is 3.49. The maximum absolute atomic E-state index is 12.3. The van der Waals surface area contributed by atoms with Crippen LogP contribution in [-0.4, -0.2) is 55.3 Å². The number of anilines is 1. The number of nitriles is 1. The van der Waals surface area contributed by atoms with E-state index in [2.05, 4.69) is 11.4 Å². The van der Waals surface area contributed by atoms with Crippen LogP contribution in [0.4, 0.5) is 5.69 Å². The van der Waals surface area contributed by atoms with E-state index >= 15 is 0 Å². The van der Waals surface area contributed by atoms with E-state index in [0.29, 0.717) is 18.7 Å². The third kappa shape index (κ3) is 4.46. The fourth-order valence-electron chi connectivity index (χ4n) is 2.72.